The number of anilines is 2. The molecule has 0 aliphatic carbocycles. The molecule has 1 amide bonds. The van der Waals surface area contributed by atoms with Crippen LogP contribution in [0.15, 0.2) is 82.6 Å². The quantitative estimate of drug-likeness (QED) is 0.403. The standard InChI is InChI=1S/C25H26N2O5S2/c1-31-20-13-11-18(12-14-20)27-34(29,30)22-8-4-6-19(16-22)26-25(28)23-9-2-3-10-24(23)33-17-21-7-5-15-32-21/h2-4,6,8-14,16,21,27H,5,7,15,17H2,1H3,(H,26,28)/t21-/m0/s1. The molecule has 7 nitrogen and oxygen atoms in total. The lowest BCUT2D eigenvalue weighted by atomic mass is 10.2. The second-order valence-electron chi connectivity index (χ2n) is 7.76. The van der Waals surface area contributed by atoms with Crippen molar-refractivity contribution in [3.8, 4) is 5.75 Å². The minimum absolute atomic E-state index is 0.0437. The molecule has 3 aromatic carbocycles. The third kappa shape index (κ3) is 6.11. The SMILES string of the molecule is COc1ccc(NS(=O)(=O)c2cccc(NC(=O)c3ccccc3SC[C@@H]3CCCO3)c2)cc1. The number of benzene rings is 3. The Kier molecular flexibility index (Phi) is 7.77. The summed E-state index contributed by atoms with van der Waals surface area (Å²) in [4.78, 5) is 13.9. The van der Waals surface area contributed by atoms with E-state index in [4.69, 9.17) is 9.47 Å². The Morgan fingerprint density at radius 2 is 1.85 bits per heavy atom. The maximum Gasteiger partial charge on any atom is 0.261 e. The molecular formula is C25H26N2O5S2. The fourth-order valence-electron chi connectivity index (χ4n) is 3.55. The third-order valence-electron chi connectivity index (χ3n) is 5.32. The van der Waals surface area contributed by atoms with E-state index in [1.165, 1.54) is 12.1 Å². The molecule has 3 aromatic rings. The fraction of sp³-hybridized carbons (Fsp3) is 0.240. The van der Waals surface area contributed by atoms with Crippen molar-refractivity contribution in [2.75, 3.05) is 29.5 Å². The number of hydrogen-bond acceptors (Lipinski definition) is 6. The van der Waals surface area contributed by atoms with Crippen LogP contribution < -0.4 is 14.8 Å². The molecule has 9 heteroatoms. The first-order valence-electron chi connectivity index (χ1n) is 10.9. The van der Waals surface area contributed by atoms with Crippen molar-refractivity contribution in [2.45, 2.75) is 28.7 Å². The zero-order chi connectivity index (χ0) is 24.0. The van der Waals surface area contributed by atoms with Gasteiger partial charge in [0.15, 0.2) is 0 Å². The number of carbonyl (C=O) groups excluding carboxylic acids is 1. The van der Waals surface area contributed by atoms with Crippen LogP contribution in [0.3, 0.4) is 0 Å². The molecule has 34 heavy (non-hydrogen) atoms. The Bertz CT molecular complexity index is 1240. The number of sulfonamides is 1. The third-order valence-corrected chi connectivity index (χ3v) is 7.91. The van der Waals surface area contributed by atoms with Crippen molar-refractivity contribution in [2.24, 2.45) is 0 Å². The van der Waals surface area contributed by atoms with Crippen LogP contribution in [0.25, 0.3) is 0 Å². The van der Waals surface area contributed by atoms with Crippen molar-refractivity contribution in [1.29, 1.82) is 0 Å². The molecule has 1 atom stereocenters. The summed E-state index contributed by atoms with van der Waals surface area (Å²) in [6.07, 6.45) is 2.31. The van der Waals surface area contributed by atoms with Crippen molar-refractivity contribution >= 4 is 39.1 Å². The van der Waals surface area contributed by atoms with E-state index in [0.717, 1.165) is 30.1 Å². The van der Waals surface area contributed by atoms with Crippen molar-refractivity contribution in [1.82, 2.24) is 0 Å². The van der Waals surface area contributed by atoms with Crippen LogP contribution in [0.1, 0.15) is 23.2 Å². The topological polar surface area (TPSA) is 93.7 Å². The predicted octanol–water partition coefficient (Wildman–Crippen LogP) is 5.02. The van der Waals surface area contributed by atoms with Gasteiger partial charge in [-0.15, -0.1) is 11.8 Å². The van der Waals surface area contributed by atoms with Crippen molar-refractivity contribution < 1.29 is 22.7 Å². The number of amides is 1. The summed E-state index contributed by atoms with van der Waals surface area (Å²) in [5, 5.41) is 2.83. The lowest BCUT2D eigenvalue weighted by molar-refractivity contribution is 0.102. The summed E-state index contributed by atoms with van der Waals surface area (Å²) >= 11 is 1.59. The summed E-state index contributed by atoms with van der Waals surface area (Å²) in [5.74, 6) is 1.12. The van der Waals surface area contributed by atoms with E-state index < -0.39 is 10.0 Å². The largest absolute Gasteiger partial charge is 0.497 e. The van der Waals surface area contributed by atoms with E-state index >= 15 is 0 Å². The maximum absolute atomic E-state index is 13.0. The second kappa shape index (κ2) is 10.9. The number of ether oxygens (including phenoxy) is 2. The zero-order valence-electron chi connectivity index (χ0n) is 18.7. The summed E-state index contributed by atoms with van der Waals surface area (Å²) in [5.41, 5.74) is 1.34. The smallest absolute Gasteiger partial charge is 0.261 e. The number of nitrogens with one attached hydrogen (secondary N) is 2. The summed E-state index contributed by atoms with van der Waals surface area (Å²) < 4.78 is 39.0. The first-order chi connectivity index (χ1) is 16.4. The molecule has 0 unspecified atom stereocenters. The van der Waals surface area contributed by atoms with E-state index in [1.807, 2.05) is 18.2 Å². The molecule has 1 aliphatic rings. The monoisotopic (exact) mass is 498 g/mol. The molecule has 0 aromatic heterocycles. The minimum atomic E-state index is -3.84. The van der Waals surface area contributed by atoms with Crippen molar-refractivity contribution in [3.05, 3.63) is 78.4 Å². The molecule has 2 N–H and O–H groups in total. The van der Waals surface area contributed by atoms with Gasteiger partial charge in [0, 0.05) is 28.6 Å². The summed E-state index contributed by atoms with van der Waals surface area (Å²) in [6, 6.07) is 20.1. The summed E-state index contributed by atoms with van der Waals surface area (Å²) in [7, 11) is -2.30. The van der Waals surface area contributed by atoms with Gasteiger partial charge in [0.05, 0.1) is 23.7 Å². The number of hydrogen-bond donors (Lipinski definition) is 2. The first kappa shape index (κ1) is 24.1. The second-order valence-corrected chi connectivity index (χ2v) is 10.5. The van der Waals surface area contributed by atoms with Crippen LogP contribution in [-0.2, 0) is 14.8 Å². The minimum Gasteiger partial charge on any atom is -0.497 e. The average Bonchev–Trinajstić information content (AvgIpc) is 3.37. The van der Waals surface area contributed by atoms with E-state index in [2.05, 4.69) is 10.0 Å². The highest BCUT2D eigenvalue weighted by Gasteiger charge is 2.19. The number of rotatable bonds is 9. The van der Waals surface area contributed by atoms with Gasteiger partial charge in [-0.3, -0.25) is 9.52 Å². The van der Waals surface area contributed by atoms with Crippen LogP contribution in [0.2, 0.25) is 0 Å². The predicted molar refractivity (Wildman–Crippen MR) is 134 cm³/mol. The molecule has 0 spiro atoms. The van der Waals surface area contributed by atoms with Crippen molar-refractivity contribution in [3.63, 3.8) is 0 Å². The Morgan fingerprint density at radius 3 is 2.59 bits per heavy atom. The number of methoxy groups -OCH3 is 1. The maximum atomic E-state index is 13.0. The summed E-state index contributed by atoms with van der Waals surface area (Å²) in [6.45, 7) is 0.792. The molecular weight excluding hydrogens is 472 g/mol. The van der Waals surface area contributed by atoms with Gasteiger partial charge in [0.25, 0.3) is 15.9 Å². The highest BCUT2D eigenvalue weighted by molar-refractivity contribution is 7.99. The number of carbonyl (C=O) groups is 1. The van der Waals surface area contributed by atoms with Gasteiger partial charge in [0.1, 0.15) is 5.75 Å². The molecule has 1 fully saturated rings. The Labute approximate surface area is 203 Å². The first-order valence-corrected chi connectivity index (χ1v) is 13.3. The molecule has 178 valence electrons. The van der Waals surface area contributed by atoms with Gasteiger partial charge >= 0.3 is 0 Å². The molecule has 0 saturated carbocycles. The van der Waals surface area contributed by atoms with Gasteiger partial charge in [-0.05, 0) is 67.4 Å². The molecule has 1 saturated heterocycles. The highest BCUT2D eigenvalue weighted by atomic mass is 32.2. The van der Waals surface area contributed by atoms with E-state index in [1.54, 1.807) is 61.3 Å². The highest BCUT2D eigenvalue weighted by Crippen LogP contribution is 2.28. The average molecular weight is 499 g/mol. The van der Waals surface area contributed by atoms with E-state index in [0.29, 0.717) is 22.7 Å². The van der Waals surface area contributed by atoms with Crippen LogP contribution in [0.4, 0.5) is 11.4 Å². The van der Waals surface area contributed by atoms with Crippen LogP contribution >= 0.6 is 11.8 Å². The van der Waals surface area contributed by atoms with E-state index in [-0.39, 0.29) is 16.9 Å². The fourth-order valence-corrected chi connectivity index (χ4v) is 5.77. The van der Waals surface area contributed by atoms with Gasteiger partial charge in [-0.1, -0.05) is 18.2 Å². The van der Waals surface area contributed by atoms with Gasteiger partial charge in [0.2, 0.25) is 0 Å². The van der Waals surface area contributed by atoms with E-state index in [9.17, 15) is 13.2 Å². The van der Waals surface area contributed by atoms with Crippen LogP contribution in [0, 0.1) is 0 Å². The Hall–Kier alpha value is -3.01. The lowest BCUT2D eigenvalue weighted by Gasteiger charge is -2.13. The molecule has 1 heterocycles. The Balaban J connectivity index is 1.46. The molecule has 0 bridgehead atoms. The zero-order valence-corrected chi connectivity index (χ0v) is 20.3. The molecule has 1 aliphatic heterocycles. The molecule has 4 rings (SSSR count). The van der Waals surface area contributed by atoms with Crippen LogP contribution in [0.5, 0.6) is 5.75 Å². The lowest BCUT2D eigenvalue weighted by Crippen LogP contribution is -2.16. The molecule has 0 radical (unpaired) electrons. The van der Waals surface area contributed by atoms with Gasteiger partial charge in [-0.2, -0.15) is 0 Å². The van der Waals surface area contributed by atoms with Crippen LogP contribution in [-0.4, -0.2) is 39.9 Å². The Morgan fingerprint density at radius 1 is 1.06 bits per heavy atom. The van der Waals surface area contributed by atoms with Gasteiger partial charge in [-0.25, -0.2) is 8.42 Å². The number of thioether (sulfide) groups is 1. The normalized spacial score (nSPS) is 15.6. The van der Waals surface area contributed by atoms with Gasteiger partial charge < -0.3 is 14.8 Å².